The molecular weight excluding hydrogens is 437 g/mol. The number of hydrogen-bond donors (Lipinski definition) is 2. The van der Waals surface area contributed by atoms with E-state index in [1.54, 1.807) is 37.3 Å². The van der Waals surface area contributed by atoms with E-state index >= 15 is 0 Å². The molecule has 31 heavy (non-hydrogen) atoms. The van der Waals surface area contributed by atoms with E-state index in [4.69, 9.17) is 16.9 Å². The van der Waals surface area contributed by atoms with E-state index in [1.165, 1.54) is 0 Å². The summed E-state index contributed by atoms with van der Waals surface area (Å²) in [5.41, 5.74) is 1.32. The van der Waals surface area contributed by atoms with Crippen LogP contribution in [-0.2, 0) is 6.18 Å². The average molecular weight is 449 g/mol. The lowest BCUT2D eigenvalue weighted by atomic mass is 10.1. The topological polar surface area (TPSA) is 116 Å². The predicted molar refractivity (Wildman–Crippen MR) is 107 cm³/mol. The maximum Gasteiger partial charge on any atom is 0.417 e. The fourth-order valence-electron chi connectivity index (χ4n) is 2.48. The normalized spacial score (nSPS) is 11.8. The van der Waals surface area contributed by atoms with E-state index in [0.29, 0.717) is 23.2 Å². The van der Waals surface area contributed by atoms with Crippen molar-refractivity contribution < 1.29 is 13.2 Å². The quantitative estimate of drug-likeness (QED) is 0.469. The molecule has 3 rings (SSSR count). The van der Waals surface area contributed by atoms with Crippen LogP contribution < -0.4 is 16.7 Å². The van der Waals surface area contributed by atoms with Crippen LogP contribution >= 0.6 is 11.6 Å². The summed E-state index contributed by atoms with van der Waals surface area (Å²) in [6.45, 7) is 1.64. The summed E-state index contributed by atoms with van der Waals surface area (Å²) in [6, 6.07) is 8.83. The van der Waals surface area contributed by atoms with Crippen LogP contribution in [0.3, 0.4) is 0 Å². The number of nitrogens with zero attached hydrogens (tertiary/aromatic N) is 4. The number of anilines is 1. The fraction of sp³-hybridized carbons (Fsp3) is 0.105. The number of pyridine rings is 1. The van der Waals surface area contributed by atoms with Gasteiger partial charge in [0.05, 0.1) is 22.0 Å². The third-order valence-electron chi connectivity index (χ3n) is 4.12. The highest BCUT2D eigenvalue weighted by atomic mass is 35.5. The van der Waals surface area contributed by atoms with Gasteiger partial charge in [-0.2, -0.15) is 23.5 Å². The van der Waals surface area contributed by atoms with Gasteiger partial charge in [-0.15, -0.1) is 0 Å². The molecule has 2 aromatic heterocycles. The number of nitriles is 1. The summed E-state index contributed by atoms with van der Waals surface area (Å²) in [6.07, 6.45) is -2.78. The van der Waals surface area contributed by atoms with Gasteiger partial charge in [0, 0.05) is 12.4 Å². The number of hydrazone groups is 1. The zero-order valence-corrected chi connectivity index (χ0v) is 16.4. The molecule has 0 spiro atoms. The molecule has 0 bridgehead atoms. The average Bonchev–Trinajstić information content (AvgIpc) is 2.72. The summed E-state index contributed by atoms with van der Waals surface area (Å²) in [7, 11) is 0. The van der Waals surface area contributed by atoms with Crippen LogP contribution in [0, 0.1) is 11.3 Å². The van der Waals surface area contributed by atoms with Crippen molar-refractivity contribution >= 4 is 23.1 Å². The van der Waals surface area contributed by atoms with E-state index in [2.05, 4.69) is 20.5 Å². The molecule has 2 heterocycles. The highest BCUT2D eigenvalue weighted by Gasteiger charge is 2.31. The van der Waals surface area contributed by atoms with E-state index < -0.39 is 23.0 Å². The lowest BCUT2D eigenvalue weighted by Crippen LogP contribution is -2.30. The number of benzene rings is 1. The summed E-state index contributed by atoms with van der Waals surface area (Å²) >= 11 is 5.83. The molecule has 0 unspecified atom stereocenters. The molecule has 0 atom stereocenters. The Morgan fingerprint density at radius 2 is 1.97 bits per heavy atom. The number of rotatable bonds is 4. The molecule has 0 aliphatic carbocycles. The SMILES string of the molecule is C/C(=N/Nc1ncc(C(F)(F)F)cc1Cl)c1ccc(-n2cc(C#N)c(=O)[nH]c2=O)cc1. The maximum absolute atomic E-state index is 12.7. The molecule has 0 saturated heterocycles. The maximum atomic E-state index is 12.7. The lowest BCUT2D eigenvalue weighted by Gasteiger charge is -2.09. The van der Waals surface area contributed by atoms with Gasteiger partial charge in [0.15, 0.2) is 5.82 Å². The van der Waals surface area contributed by atoms with Crippen molar-refractivity contribution in [2.75, 3.05) is 5.43 Å². The first-order chi connectivity index (χ1) is 14.6. The van der Waals surface area contributed by atoms with Crippen LogP contribution in [0.4, 0.5) is 19.0 Å². The van der Waals surface area contributed by atoms with Crippen molar-refractivity contribution in [3.63, 3.8) is 0 Å². The Hall–Kier alpha value is -3.91. The largest absolute Gasteiger partial charge is 0.417 e. The minimum Gasteiger partial charge on any atom is -0.273 e. The molecule has 0 radical (unpaired) electrons. The number of H-pyrrole nitrogens is 1. The van der Waals surface area contributed by atoms with Crippen LogP contribution in [-0.4, -0.2) is 20.2 Å². The van der Waals surface area contributed by atoms with Gasteiger partial charge in [0.25, 0.3) is 5.56 Å². The monoisotopic (exact) mass is 448 g/mol. The summed E-state index contributed by atoms with van der Waals surface area (Å²) < 4.78 is 39.1. The summed E-state index contributed by atoms with van der Waals surface area (Å²) in [5.74, 6) is -0.0468. The predicted octanol–water partition coefficient (Wildman–Crippen LogP) is 3.30. The molecule has 1 aromatic carbocycles. The molecule has 12 heteroatoms. The van der Waals surface area contributed by atoms with Gasteiger partial charge in [-0.3, -0.25) is 19.8 Å². The molecule has 0 fully saturated rings. The number of alkyl halides is 3. The molecule has 0 saturated carbocycles. The number of halogens is 4. The highest BCUT2D eigenvalue weighted by Crippen LogP contribution is 2.32. The first kappa shape index (κ1) is 21.8. The van der Waals surface area contributed by atoms with Crippen molar-refractivity contribution in [2.24, 2.45) is 5.10 Å². The van der Waals surface area contributed by atoms with Gasteiger partial charge < -0.3 is 0 Å². The second-order valence-corrected chi connectivity index (χ2v) is 6.60. The molecule has 2 N–H and O–H groups in total. The van der Waals surface area contributed by atoms with Crippen LogP contribution in [0.1, 0.15) is 23.6 Å². The third-order valence-corrected chi connectivity index (χ3v) is 4.41. The van der Waals surface area contributed by atoms with Crippen molar-refractivity contribution in [3.8, 4) is 11.8 Å². The second-order valence-electron chi connectivity index (χ2n) is 6.19. The first-order valence-electron chi connectivity index (χ1n) is 8.50. The van der Waals surface area contributed by atoms with Gasteiger partial charge in [-0.25, -0.2) is 9.78 Å². The van der Waals surface area contributed by atoms with Crippen molar-refractivity contribution in [1.82, 2.24) is 14.5 Å². The molecule has 3 aromatic rings. The number of aromatic amines is 1. The zero-order chi connectivity index (χ0) is 22.8. The van der Waals surface area contributed by atoms with Crippen LogP contribution in [0.2, 0.25) is 5.02 Å². The Labute approximate surface area is 177 Å². The lowest BCUT2D eigenvalue weighted by molar-refractivity contribution is -0.137. The third kappa shape index (κ3) is 4.81. The summed E-state index contributed by atoms with van der Waals surface area (Å²) in [4.78, 5) is 29.2. The number of nitrogens with one attached hydrogen (secondary N) is 2. The molecule has 8 nitrogen and oxygen atoms in total. The number of aromatic nitrogens is 3. The Morgan fingerprint density at radius 3 is 2.55 bits per heavy atom. The van der Waals surface area contributed by atoms with E-state index in [9.17, 15) is 22.8 Å². The van der Waals surface area contributed by atoms with E-state index in [1.807, 2.05) is 0 Å². The first-order valence-corrected chi connectivity index (χ1v) is 8.88. The van der Waals surface area contributed by atoms with Gasteiger partial charge >= 0.3 is 11.9 Å². The fourth-order valence-corrected chi connectivity index (χ4v) is 2.69. The summed E-state index contributed by atoms with van der Waals surface area (Å²) in [5, 5.41) is 12.8. The van der Waals surface area contributed by atoms with Gasteiger partial charge in [0.1, 0.15) is 11.6 Å². The Balaban J connectivity index is 1.82. The van der Waals surface area contributed by atoms with Gasteiger partial charge in [0.2, 0.25) is 0 Å². The van der Waals surface area contributed by atoms with Crippen molar-refractivity contribution in [2.45, 2.75) is 13.1 Å². The molecular formula is C19H12ClF3N6O2. The molecule has 0 aliphatic rings. The Kier molecular flexibility index (Phi) is 5.94. The molecule has 0 amide bonds. The van der Waals surface area contributed by atoms with Crippen molar-refractivity contribution in [3.05, 3.63) is 85.3 Å². The highest BCUT2D eigenvalue weighted by molar-refractivity contribution is 6.33. The van der Waals surface area contributed by atoms with Crippen LogP contribution in [0.25, 0.3) is 5.69 Å². The minimum atomic E-state index is -4.56. The Bertz CT molecular complexity index is 1320. The smallest absolute Gasteiger partial charge is 0.273 e. The molecule has 0 aliphatic heterocycles. The zero-order valence-electron chi connectivity index (χ0n) is 15.7. The minimum absolute atomic E-state index is 0.0468. The van der Waals surface area contributed by atoms with Crippen LogP contribution in [0.5, 0.6) is 0 Å². The number of hydrogen-bond acceptors (Lipinski definition) is 6. The van der Waals surface area contributed by atoms with Gasteiger partial charge in [-0.1, -0.05) is 23.7 Å². The Morgan fingerprint density at radius 1 is 1.29 bits per heavy atom. The molecule has 158 valence electrons. The van der Waals surface area contributed by atoms with Gasteiger partial charge in [-0.05, 0) is 30.7 Å². The van der Waals surface area contributed by atoms with E-state index in [-0.39, 0.29) is 16.4 Å². The van der Waals surface area contributed by atoms with Crippen molar-refractivity contribution in [1.29, 1.82) is 5.26 Å². The van der Waals surface area contributed by atoms with Crippen LogP contribution in [0.15, 0.2) is 57.4 Å². The van der Waals surface area contributed by atoms with E-state index in [0.717, 1.165) is 16.8 Å². The standard InChI is InChI=1S/C19H12ClF3N6O2/c1-10(27-28-16-15(20)6-13(8-25-16)19(21,22)23)11-2-4-14(5-3-11)29-9-12(7-24)17(30)26-18(29)31/h2-6,8-9H,1H3,(H,25,28)(H,26,30,31)/b27-10-. The second kappa shape index (κ2) is 8.45.